The molecule has 0 aromatic heterocycles. The van der Waals surface area contributed by atoms with Crippen LogP contribution < -0.4 is 0 Å². The molecule has 0 bridgehead atoms. The van der Waals surface area contributed by atoms with Crippen LogP contribution in [-0.4, -0.2) is 71.1 Å². The summed E-state index contributed by atoms with van der Waals surface area (Å²) < 4.78 is 6.35. The number of carboxylic acids is 1. The molecular formula is C42H66N2O5. The van der Waals surface area contributed by atoms with E-state index in [-0.39, 0.29) is 40.2 Å². The maximum atomic E-state index is 14.8. The minimum Gasteiger partial charge on any atom is -0.481 e. The number of ether oxygens (including phenoxy) is 1. The Labute approximate surface area is 296 Å². The molecule has 0 radical (unpaired) electrons. The van der Waals surface area contributed by atoms with Crippen molar-refractivity contribution in [2.45, 2.75) is 149 Å². The van der Waals surface area contributed by atoms with E-state index in [0.717, 1.165) is 38.8 Å². The minimum absolute atomic E-state index is 0.102. The van der Waals surface area contributed by atoms with E-state index in [1.807, 2.05) is 6.92 Å². The van der Waals surface area contributed by atoms with Gasteiger partial charge in [0.2, 0.25) is 5.91 Å². The van der Waals surface area contributed by atoms with E-state index in [1.54, 1.807) is 0 Å². The molecule has 2 aliphatic heterocycles. The van der Waals surface area contributed by atoms with Gasteiger partial charge in [0.25, 0.3) is 0 Å². The maximum absolute atomic E-state index is 14.8. The van der Waals surface area contributed by atoms with E-state index in [1.165, 1.54) is 83.7 Å². The molecule has 8 fully saturated rings. The highest BCUT2D eigenvalue weighted by Gasteiger charge is 2.68. The minimum atomic E-state index is -0.790. The van der Waals surface area contributed by atoms with Crippen molar-refractivity contribution < 1.29 is 24.2 Å². The highest BCUT2D eigenvalue weighted by molar-refractivity contribution is 5.84. The van der Waals surface area contributed by atoms with Gasteiger partial charge < -0.3 is 19.6 Å². The molecule has 7 heteroatoms. The van der Waals surface area contributed by atoms with E-state index >= 15 is 0 Å². The van der Waals surface area contributed by atoms with Gasteiger partial charge >= 0.3 is 11.9 Å². The molecule has 13 atom stereocenters. The fourth-order valence-electron chi connectivity index (χ4n) is 15.3. The van der Waals surface area contributed by atoms with Crippen LogP contribution in [0.4, 0.5) is 0 Å². The highest BCUT2D eigenvalue weighted by Crippen LogP contribution is 2.73. The molecule has 6 saturated carbocycles. The number of hydrogen-bond acceptors (Lipinski definition) is 5. The molecule has 1 amide bonds. The van der Waals surface area contributed by atoms with Crippen molar-refractivity contribution in [2.24, 2.45) is 69.0 Å². The second-order valence-corrected chi connectivity index (χ2v) is 19.9. The topological polar surface area (TPSA) is 87.1 Å². The van der Waals surface area contributed by atoms with Crippen molar-refractivity contribution in [2.75, 3.05) is 26.2 Å². The van der Waals surface area contributed by atoms with Crippen molar-refractivity contribution in [1.29, 1.82) is 0 Å². The average Bonchev–Trinajstić information content (AvgIpc) is 3.83. The lowest BCUT2D eigenvalue weighted by Crippen LogP contribution is -2.64. The molecule has 0 spiro atoms. The Morgan fingerprint density at radius 2 is 1.49 bits per heavy atom. The Morgan fingerprint density at radius 1 is 0.735 bits per heavy atom. The van der Waals surface area contributed by atoms with E-state index in [4.69, 9.17) is 4.74 Å². The largest absolute Gasteiger partial charge is 0.481 e. The monoisotopic (exact) mass is 678 g/mol. The lowest BCUT2D eigenvalue weighted by Gasteiger charge is -2.69. The van der Waals surface area contributed by atoms with Crippen LogP contribution in [0.15, 0.2) is 0 Å². The summed E-state index contributed by atoms with van der Waals surface area (Å²) in [7, 11) is 0. The van der Waals surface area contributed by atoms with Gasteiger partial charge in [0.1, 0.15) is 6.10 Å². The van der Waals surface area contributed by atoms with E-state index < -0.39 is 11.9 Å². The van der Waals surface area contributed by atoms with Crippen LogP contribution in [0.25, 0.3) is 0 Å². The lowest BCUT2D eigenvalue weighted by molar-refractivity contribution is -0.225. The van der Waals surface area contributed by atoms with Crippen molar-refractivity contribution in [3.05, 3.63) is 0 Å². The zero-order chi connectivity index (χ0) is 34.5. The predicted octanol–water partition coefficient (Wildman–Crippen LogP) is 7.81. The van der Waals surface area contributed by atoms with Crippen LogP contribution in [0.2, 0.25) is 0 Å². The molecule has 0 aromatic carbocycles. The quantitative estimate of drug-likeness (QED) is 0.289. The van der Waals surface area contributed by atoms with Crippen LogP contribution in [-0.2, 0) is 19.1 Å². The van der Waals surface area contributed by atoms with E-state index in [0.29, 0.717) is 53.4 Å². The first-order valence-electron chi connectivity index (χ1n) is 20.8. The number of aliphatic carboxylic acids is 1. The van der Waals surface area contributed by atoms with E-state index in [9.17, 15) is 19.5 Å². The fourth-order valence-corrected chi connectivity index (χ4v) is 15.3. The smallest absolute Gasteiger partial charge is 0.309 e. The van der Waals surface area contributed by atoms with Gasteiger partial charge in [-0.2, -0.15) is 0 Å². The number of carbonyl (C=O) groups excluding carboxylic acids is 2. The lowest BCUT2D eigenvalue weighted by atomic mass is 9.36. The Bertz CT molecular complexity index is 1330. The molecule has 2 heterocycles. The average molecular weight is 679 g/mol. The standard InChI is InChI=1S/C42H66N2O5/c1-26-29(36(45)46)24-30(26)37(47)49-35-16-19-41(5)33(39(35,2)3)15-18-40(4)31-14-20-42(17-8-11-32(42)28(31)12-13-34(40)41)38(48)44-23-9-10-27(44)25-43-21-6-7-22-43/h26-35H,6-25H2,1-5H3,(H,45,46). The molecule has 49 heavy (non-hydrogen) atoms. The van der Waals surface area contributed by atoms with Crippen molar-refractivity contribution in [3.63, 3.8) is 0 Å². The Morgan fingerprint density at radius 3 is 2.22 bits per heavy atom. The summed E-state index contributed by atoms with van der Waals surface area (Å²) in [6.45, 7) is 16.4. The zero-order valence-corrected chi connectivity index (χ0v) is 31.4. The molecule has 6 aliphatic carbocycles. The van der Waals surface area contributed by atoms with Gasteiger partial charge in [0.05, 0.1) is 17.3 Å². The first-order valence-corrected chi connectivity index (χ1v) is 20.8. The molecule has 1 N–H and O–H groups in total. The van der Waals surface area contributed by atoms with Crippen molar-refractivity contribution in [3.8, 4) is 0 Å². The van der Waals surface area contributed by atoms with Gasteiger partial charge in [0, 0.05) is 24.5 Å². The Hall–Kier alpha value is -1.63. The van der Waals surface area contributed by atoms with Crippen LogP contribution in [0.1, 0.15) is 137 Å². The molecule has 2 saturated heterocycles. The van der Waals surface area contributed by atoms with E-state index in [2.05, 4.69) is 37.5 Å². The number of carboxylic acid groups (broad SMARTS) is 1. The molecule has 274 valence electrons. The Balaban J connectivity index is 0.970. The number of fused-ring (bicyclic) bond motifs is 7. The summed E-state index contributed by atoms with van der Waals surface area (Å²) >= 11 is 0. The summed E-state index contributed by atoms with van der Waals surface area (Å²) in [4.78, 5) is 44.7. The number of rotatable bonds is 6. The van der Waals surface area contributed by atoms with Gasteiger partial charge in [0.15, 0.2) is 0 Å². The normalized spacial score (nSPS) is 48.9. The molecule has 13 unspecified atom stereocenters. The molecule has 7 nitrogen and oxygen atoms in total. The highest BCUT2D eigenvalue weighted by atomic mass is 16.5. The molecule has 8 rings (SSSR count). The summed E-state index contributed by atoms with van der Waals surface area (Å²) in [6.07, 6.45) is 18.3. The zero-order valence-electron chi connectivity index (χ0n) is 31.4. The number of nitrogens with zero attached hydrogens (tertiary/aromatic N) is 2. The first-order chi connectivity index (χ1) is 23.3. The maximum Gasteiger partial charge on any atom is 0.309 e. The van der Waals surface area contributed by atoms with Gasteiger partial charge in [-0.3, -0.25) is 14.4 Å². The number of hydrogen-bond donors (Lipinski definition) is 1. The number of amides is 1. The van der Waals surface area contributed by atoms with Crippen molar-refractivity contribution in [1.82, 2.24) is 9.80 Å². The SMILES string of the molecule is CC1C(C(=O)O)CC1C(=O)OC1CCC2(C)C(CCC3(C)C4CCC5(C(=O)N6CCCC6CN6CCCC6)CCCC5C4CCC32)C1(C)C. The van der Waals surface area contributed by atoms with Gasteiger partial charge in [-0.25, -0.2) is 0 Å². The van der Waals surface area contributed by atoms with Crippen LogP contribution in [0.3, 0.4) is 0 Å². The van der Waals surface area contributed by atoms with Crippen molar-refractivity contribution >= 4 is 17.8 Å². The second kappa shape index (κ2) is 12.2. The molecule has 8 aliphatic rings. The van der Waals surface area contributed by atoms with Gasteiger partial charge in [-0.15, -0.1) is 0 Å². The summed E-state index contributed by atoms with van der Waals surface area (Å²) in [5, 5.41) is 9.46. The Kier molecular flexibility index (Phi) is 8.59. The predicted molar refractivity (Wildman–Crippen MR) is 189 cm³/mol. The fraction of sp³-hybridized carbons (Fsp3) is 0.929. The summed E-state index contributed by atoms with van der Waals surface area (Å²) in [5.41, 5.74) is 0.317. The second-order valence-electron chi connectivity index (χ2n) is 19.9. The molecular weight excluding hydrogens is 612 g/mol. The molecule has 0 aromatic rings. The van der Waals surface area contributed by atoms with Crippen LogP contribution in [0.5, 0.6) is 0 Å². The third-order valence-electron chi connectivity index (χ3n) is 17.8. The number of esters is 1. The summed E-state index contributed by atoms with van der Waals surface area (Å²) in [6, 6.07) is 0.430. The third kappa shape index (κ3) is 5.13. The van der Waals surface area contributed by atoms with Crippen LogP contribution in [0, 0.1) is 69.0 Å². The van der Waals surface area contributed by atoms with Gasteiger partial charge in [-0.05, 0) is 156 Å². The number of likely N-dealkylation sites (tertiary alicyclic amines) is 2. The van der Waals surface area contributed by atoms with Crippen LogP contribution >= 0.6 is 0 Å². The number of carbonyl (C=O) groups is 3. The summed E-state index contributed by atoms with van der Waals surface area (Å²) in [5.74, 6) is 1.90. The third-order valence-corrected chi connectivity index (χ3v) is 17.8. The van der Waals surface area contributed by atoms with Gasteiger partial charge in [-0.1, -0.05) is 41.0 Å². The first kappa shape index (κ1) is 34.5.